The lowest BCUT2D eigenvalue weighted by atomic mass is 10.1. The standard InChI is InChI=1S/C11H11NO7S/c1-19-11(14)7-20(17,18)6-10(13)8-3-2-4-9(5-8)12(15)16/h2-5H,6-7H2,1H3. The molecule has 1 rings (SSSR count). The first kappa shape index (κ1) is 15.8. The summed E-state index contributed by atoms with van der Waals surface area (Å²) in [6.45, 7) is 0. The van der Waals surface area contributed by atoms with Gasteiger partial charge in [-0.15, -0.1) is 0 Å². The van der Waals surface area contributed by atoms with Crippen LogP contribution in [0.25, 0.3) is 0 Å². The number of Topliss-reactive ketones (excluding diaryl/α,β-unsaturated/α-hetero) is 1. The van der Waals surface area contributed by atoms with Crippen LogP contribution in [0.1, 0.15) is 10.4 Å². The SMILES string of the molecule is COC(=O)CS(=O)(=O)CC(=O)c1cccc([N+](=O)[O-])c1. The highest BCUT2D eigenvalue weighted by molar-refractivity contribution is 7.92. The number of non-ortho nitro benzene ring substituents is 1. The number of nitro groups is 1. The van der Waals surface area contributed by atoms with Gasteiger partial charge >= 0.3 is 5.97 Å². The molecule has 0 unspecified atom stereocenters. The number of sulfone groups is 1. The number of nitrogens with zero attached hydrogens (tertiary/aromatic N) is 1. The lowest BCUT2D eigenvalue weighted by Crippen LogP contribution is -2.24. The van der Waals surface area contributed by atoms with Crippen LogP contribution in [0.3, 0.4) is 0 Å². The fourth-order valence-corrected chi connectivity index (χ4v) is 2.51. The zero-order valence-electron chi connectivity index (χ0n) is 10.4. The van der Waals surface area contributed by atoms with Gasteiger partial charge in [-0.05, 0) is 0 Å². The van der Waals surface area contributed by atoms with E-state index in [1.165, 1.54) is 18.2 Å². The number of ether oxygens (including phenoxy) is 1. The van der Waals surface area contributed by atoms with Gasteiger partial charge in [0.1, 0.15) is 11.5 Å². The van der Waals surface area contributed by atoms with Crippen LogP contribution in [0.4, 0.5) is 5.69 Å². The molecule has 0 fully saturated rings. The summed E-state index contributed by atoms with van der Waals surface area (Å²) in [5.41, 5.74) is -0.422. The van der Waals surface area contributed by atoms with Crippen molar-refractivity contribution in [1.82, 2.24) is 0 Å². The van der Waals surface area contributed by atoms with Gasteiger partial charge in [0.05, 0.1) is 12.0 Å². The van der Waals surface area contributed by atoms with Gasteiger partial charge in [0, 0.05) is 17.7 Å². The highest BCUT2D eigenvalue weighted by Crippen LogP contribution is 2.14. The summed E-state index contributed by atoms with van der Waals surface area (Å²) in [5, 5.41) is 10.6. The first-order chi connectivity index (χ1) is 9.25. The molecule has 0 heterocycles. The summed E-state index contributed by atoms with van der Waals surface area (Å²) in [5.74, 6) is -3.62. The molecule has 0 radical (unpaired) electrons. The molecule has 0 aliphatic carbocycles. The van der Waals surface area contributed by atoms with Crippen molar-refractivity contribution in [2.24, 2.45) is 0 Å². The smallest absolute Gasteiger partial charge is 0.320 e. The number of benzene rings is 1. The fourth-order valence-electron chi connectivity index (χ4n) is 1.37. The average molecular weight is 301 g/mol. The molecule has 1 aromatic rings. The Balaban J connectivity index is 2.89. The van der Waals surface area contributed by atoms with Crippen LogP contribution in [-0.2, 0) is 19.4 Å². The number of nitro benzene ring substituents is 1. The normalized spacial score (nSPS) is 10.8. The maximum absolute atomic E-state index is 11.8. The lowest BCUT2D eigenvalue weighted by molar-refractivity contribution is -0.384. The topological polar surface area (TPSA) is 121 Å². The number of carbonyl (C=O) groups excluding carboxylic acids is 2. The molecule has 0 N–H and O–H groups in total. The summed E-state index contributed by atoms with van der Waals surface area (Å²) < 4.78 is 27.3. The number of hydrogen-bond donors (Lipinski definition) is 0. The van der Waals surface area contributed by atoms with Gasteiger partial charge in [-0.1, -0.05) is 12.1 Å². The van der Waals surface area contributed by atoms with Crippen LogP contribution >= 0.6 is 0 Å². The van der Waals surface area contributed by atoms with Crippen LogP contribution in [0.2, 0.25) is 0 Å². The molecular weight excluding hydrogens is 290 g/mol. The Kier molecular flexibility index (Phi) is 4.92. The van der Waals surface area contributed by atoms with Gasteiger partial charge in [-0.2, -0.15) is 0 Å². The monoisotopic (exact) mass is 301 g/mol. The van der Waals surface area contributed by atoms with Gasteiger partial charge in [0.15, 0.2) is 15.6 Å². The second-order valence-electron chi connectivity index (χ2n) is 3.84. The molecule has 108 valence electrons. The number of esters is 1. The van der Waals surface area contributed by atoms with Crippen LogP contribution in [-0.4, -0.2) is 43.7 Å². The summed E-state index contributed by atoms with van der Waals surface area (Å²) in [7, 11) is -2.94. The molecular formula is C11H11NO7S. The Labute approximate surface area is 114 Å². The van der Waals surface area contributed by atoms with Crippen molar-refractivity contribution in [3.63, 3.8) is 0 Å². The zero-order chi connectivity index (χ0) is 15.3. The van der Waals surface area contributed by atoms with Gasteiger partial charge < -0.3 is 4.74 Å². The van der Waals surface area contributed by atoms with E-state index in [2.05, 4.69) is 4.74 Å². The fraction of sp³-hybridized carbons (Fsp3) is 0.273. The second kappa shape index (κ2) is 6.24. The minimum Gasteiger partial charge on any atom is -0.468 e. The third kappa shape index (κ3) is 4.43. The molecule has 0 saturated heterocycles. The number of ketones is 1. The molecule has 8 nitrogen and oxygen atoms in total. The van der Waals surface area contributed by atoms with Crippen molar-refractivity contribution in [2.75, 3.05) is 18.6 Å². The van der Waals surface area contributed by atoms with Gasteiger partial charge in [0.25, 0.3) is 5.69 Å². The second-order valence-corrected chi connectivity index (χ2v) is 5.90. The van der Waals surface area contributed by atoms with Gasteiger partial charge in [-0.25, -0.2) is 8.42 Å². The molecule has 0 amide bonds. The number of carbonyl (C=O) groups is 2. The van der Waals surface area contributed by atoms with Crippen molar-refractivity contribution < 1.29 is 27.7 Å². The minimum absolute atomic E-state index is 0.104. The van der Waals surface area contributed by atoms with Crippen molar-refractivity contribution in [1.29, 1.82) is 0 Å². The lowest BCUT2D eigenvalue weighted by Gasteiger charge is -2.03. The highest BCUT2D eigenvalue weighted by atomic mass is 32.2. The summed E-state index contributed by atoms with van der Waals surface area (Å²) in [4.78, 5) is 32.5. The molecule has 0 bridgehead atoms. The molecule has 0 spiro atoms. The molecule has 0 aliphatic heterocycles. The Bertz CT molecular complexity index is 650. The van der Waals surface area contributed by atoms with E-state index < -0.39 is 38.0 Å². The predicted octanol–water partition coefficient (Wildman–Crippen LogP) is 0.365. The van der Waals surface area contributed by atoms with Crippen molar-refractivity contribution in [3.05, 3.63) is 39.9 Å². The van der Waals surface area contributed by atoms with E-state index in [4.69, 9.17) is 0 Å². The van der Waals surface area contributed by atoms with E-state index in [1.807, 2.05) is 0 Å². The van der Waals surface area contributed by atoms with E-state index in [-0.39, 0.29) is 11.3 Å². The van der Waals surface area contributed by atoms with Crippen molar-refractivity contribution in [2.45, 2.75) is 0 Å². The number of rotatable bonds is 6. The largest absolute Gasteiger partial charge is 0.468 e. The predicted molar refractivity (Wildman–Crippen MR) is 68.1 cm³/mol. The number of hydrogen-bond acceptors (Lipinski definition) is 7. The molecule has 0 saturated carbocycles. The molecule has 20 heavy (non-hydrogen) atoms. The molecule has 1 aromatic carbocycles. The maximum atomic E-state index is 11.8. The van der Waals surface area contributed by atoms with E-state index in [0.717, 1.165) is 13.2 Å². The Morgan fingerprint density at radius 3 is 2.50 bits per heavy atom. The van der Waals surface area contributed by atoms with Crippen LogP contribution in [0, 0.1) is 10.1 Å². The van der Waals surface area contributed by atoms with E-state index in [1.54, 1.807) is 0 Å². The Hall–Kier alpha value is -2.29. The number of methoxy groups -OCH3 is 1. The first-order valence-electron chi connectivity index (χ1n) is 5.30. The summed E-state index contributed by atoms with van der Waals surface area (Å²) in [6.07, 6.45) is 0. The molecule has 0 aromatic heterocycles. The summed E-state index contributed by atoms with van der Waals surface area (Å²) >= 11 is 0. The quantitative estimate of drug-likeness (QED) is 0.322. The average Bonchev–Trinajstić information content (AvgIpc) is 2.37. The molecule has 0 atom stereocenters. The first-order valence-corrected chi connectivity index (χ1v) is 7.12. The van der Waals surface area contributed by atoms with Crippen LogP contribution in [0.5, 0.6) is 0 Å². The van der Waals surface area contributed by atoms with Crippen LogP contribution < -0.4 is 0 Å². The zero-order valence-corrected chi connectivity index (χ0v) is 11.3. The van der Waals surface area contributed by atoms with Gasteiger partial charge in [-0.3, -0.25) is 19.7 Å². The Morgan fingerprint density at radius 1 is 1.30 bits per heavy atom. The van der Waals surface area contributed by atoms with E-state index >= 15 is 0 Å². The maximum Gasteiger partial charge on any atom is 0.320 e. The highest BCUT2D eigenvalue weighted by Gasteiger charge is 2.23. The van der Waals surface area contributed by atoms with Crippen molar-refractivity contribution in [3.8, 4) is 0 Å². The third-order valence-electron chi connectivity index (χ3n) is 2.30. The minimum atomic E-state index is -3.97. The van der Waals surface area contributed by atoms with E-state index in [9.17, 15) is 28.1 Å². The van der Waals surface area contributed by atoms with E-state index in [0.29, 0.717) is 0 Å². The van der Waals surface area contributed by atoms with Crippen molar-refractivity contribution >= 4 is 27.3 Å². The summed E-state index contributed by atoms with van der Waals surface area (Å²) in [6, 6.07) is 4.71. The Morgan fingerprint density at radius 2 is 1.95 bits per heavy atom. The third-order valence-corrected chi connectivity index (χ3v) is 3.67. The molecule has 0 aliphatic rings. The molecule has 9 heteroatoms. The van der Waals surface area contributed by atoms with Crippen LogP contribution in [0.15, 0.2) is 24.3 Å². The van der Waals surface area contributed by atoms with Gasteiger partial charge in [0.2, 0.25) is 0 Å².